The van der Waals surface area contributed by atoms with Crippen molar-refractivity contribution >= 4 is 0 Å². The lowest BCUT2D eigenvalue weighted by atomic mass is 9.90. The van der Waals surface area contributed by atoms with Gasteiger partial charge in [0.05, 0.1) is 19.8 Å². The van der Waals surface area contributed by atoms with Crippen LogP contribution in [0.2, 0.25) is 0 Å². The predicted octanol–water partition coefficient (Wildman–Crippen LogP) is 1.31. The lowest BCUT2D eigenvalue weighted by Crippen LogP contribution is -2.45. The van der Waals surface area contributed by atoms with Gasteiger partial charge in [0.1, 0.15) is 11.7 Å². The SMILES string of the molecule is C[C@@](O)(c1ccccc1)C1COCCO1. The smallest absolute Gasteiger partial charge is 0.115 e. The Morgan fingerprint density at radius 2 is 2.00 bits per heavy atom. The van der Waals surface area contributed by atoms with Crippen LogP contribution in [0, 0.1) is 0 Å². The van der Waals surface area contributed by atoms with Crippen LogP contribution in [0.4, 0.5) is 0 Å². The normalized spacial score (nSPS) is 25.9. The highest BCUT2D eigenvalue weighted by Crippen LogP contribution is 2.27. The van der Waals surface area contributed by atoms with E-state index in [1.807, 2.05) is 30.3 Å². The van der Waals surface area contributed by atoms with Crippen LogP contribution in [0.3, 0.4) is 0 Å². The third kappa shape index (κ3) is 2.20. The van der Waals surface area contributed by atoms with E-state index < -0.39 is 5.60 Å². The van der Waals surface area contributed by atoms with Gasteiger partial charge in [-0.2, -0.15) is 0 Å². The Kier molecular flexibility index (Phi) is 3.05. The summed E-state index contributed by atoms with van der Waals surface area (Å²) in [5, 5.41) is 10.4. The minimum absolute atomic E-state index is 0.284. The number of aliphatic hydroxyl groups is 1. The fourth-order valence-electron chi connectivity index (χ4n) is 1.77. The summed E-state index contributed by atoms with van der Waals surface area (Å²) >= 11 is 0. The first-order valence-electron chi connectivity index (χ1n) is 5.18. The van der Waals surface area contributed by atoms with Crippen LogP contribution in [0.1, 0.15) is 12.5 Å². The van der Waals surface area contributed by atoms with Crippen molar-refractivity contribution in [3.8, 4) is 0 Å². The van der Waals surface area contributed by atoms with E-state index >= 15 is 0 Å². The van der Waals surface area contributed by atoms with Crippen LogP contribution >= 0.6 is 0 Å². The maximum Gasteiger partial charge on any atom is 0.115 e. The van der Waals surface area contributed by atoms with E-state index in [1.165, 1.54) is 0 Å². The summed E-state index contributed by atoms with van der Waals surface area (Å²) in [7, 11) is 0. The number of hydrogen-bond donors (Lipinski definition) is 1. The molecule has 1 aliphatic rings. The van der Waals surface area contributed by atoms with Crippen LogP contribution in [0.15, 0.2) is 30.3 Å². The molecule has 1 aliphatic heterocycles. The highest BCUT2D eigenvalue weighted by atomic mass is 16.6. The fraction of sp³-hybridized carbons (Fsp3) is 0.500. The Balaban J connectivity index is 2.18. The zero-order chi connectivity index (χ0) is 10.7. The van der Waals surface area contributed by atoms with Gasteiger partial charge in [0.2, 0.25) is 0 Å². The van der Waals surface area contributed by atoms with Crippen molar-refractivity contribution in [1.29, 1.82) is 0 Å². The Bertz CT molecular complexity index is 302. The average Bonchev–Trinajstić information content (AvgIpc) is 2.31. The molecular formula is C12H16O3. The topological polar surface area (TPSA) is 38.7 Å². The standard InChI is InChI=1S/C12H16O3/c1-12(13,10-5-3-2-4-6-10)11-9-14-7-8-15-11/h2-6,11,13H,7-9H2,1H3/t11?,12-/m1/s1. The lowest BCUT2D eigenvalue weighted by molar-refractivity contribution is -0.172. The molecule has 2 rings (SSSR count). The van der Waals surface area contributed by atoms with Crippen LogP contribution < -0.4 is 0 Å². The number of rotatable bonds is 2. The zero-order valence-electron chi connectivity index (χ0n) is 8.85. The van der Waals surface area contributed by atoms with E-state index in [9.17, 15) is 5.11 Å². The zero-order valence-corrected chi connectivity index (χ0v) is 8.85. The summed E-state index contributed by atoms with van der Waals surface area (Å²) in [6, 6.07) is 9.55. The van der Waals surface area contributed by atoms with Gasteiger partial charge >= 0.3 is 0 Å². The molecule has 0 aromatic heterocycles. The molecule has 3 heteroatoms. The van der Waals surface area contributed by atoms with Gasteiger partial charge in [0.25, 0.3) is 0 Å². The molecule has 0 spiro atoms. The van der Waals surface area contributed by atoms with Crippen molar-refractivity contribution in [1.82, 2.24) is 0 Å². The van der Waals surface area contributed by atoms with Crippen LogP contribution in [-0.4, -0.2) is 31.0 Å². The maximum atomic E-state index is 10.4. The first-order valence-corrected chi connectivity index (χ1v) is 5.18. The van der Waals surface area contributed by atoms with E-state index in [0.717, 1.165) is 5.56 Å². The molecule has 2 atom stereocenters. The molecule has 1 fully saturated rings. The van der Waals surface area contributed by atoms with Crippen LogP contribution in [0.5, 0.6) is 0 Å². The second-order valence-corrected chi connectivity index (χ2v) is 3.95. The van der Waals surface area contributed by atoms with Crippen molar-refractivity contribution < 1.29 is 14.6 Å². The molecule has 1 saturated heterocycles. The van der Waals surface area contributed by atoms with Crippen molar-refractivity contribution in [2.75, 3.05) is 19.8 Å². The first kappa shape index (κ1) is 10.6. The minimum atomic E-state index is -0.984. The number of hydrogen-bond acceptors (Lipinski definition) is 3. The van der Waals surface area contributed by atoms with Gasteiger partial charge in [-0.05, 0) is 12.5 Å². The summed E-state index contributed by atoms with van der Waals surface area (Å²) in [6.45, 7) is 3.37. The van der Waals surface area contributed by atoms with Crippen molar-refractivity contribution in [2.24, 2.45) is 0 Å². The third-order valence-electron chi connectivity index (χ3n) is 2.80. The molecule has 1 aromatic carbocycles. The van der Waals surface area contributed by atoms with E-state index in [1.54, 1.807) is 6.92 Å². The highest BCUT2D eigenvalue weighted by Gasteiger charge is 2.36. The van der Waals surface area contributed by atoms with E-state index in [0.29, 0.717) is 19.8 Å². The lowest BCUT2D eigenvalue weighted by Gasteiger charge is -2.35. The average molecular weight is 208 g/mol. The van der Waals surface area contributed by atoms with E-state index in [4.69, 9.17) is 9.47 Å². The Labute approximate surface area is 89.6 Å². The van der Waals surface area contributed by atoms with Crippen molar-refractivity contribution in [3.63, 3.8) is 0 Å². The summed E-state index contributed by atoms with van der Waals surface area (Å²) in [6.07, 6.45) is -0.284. The Morgan fingerprint density at radius 3 is 2.60 bits per heavy atom. The minimum Gasteiger partial charge on any atom is -0.383 e. The fourth-order valence-corrected chi connectivity index (χ4v) is 1.77. The molecule has 0 radical (unpaired) electrons. The summed E-state index contributed by atoms with van der Waals surface area (Å²) in [5.41, 5.74) is -0.123. The molecule has 15 heavy (non-hydrogen) atoms. The second kappa shape index (κ2) is 4.31. The summed E-state index contributed by atoms with van der Waals surface area (Å²) in [5.74, 6) is 0. The molecule has 82 valence electrons. The van der Waals surface area contributed by atoms with E-state index in [-0.39, 0.29) is 6.10 Å². The van der Waals surface area contributed by atoms with Gasteiger partial charge in [-0.3, -0.25) is 0 Å². The maximum absolute atomic E-state index is 10.4. The molecule has 1 heterocycles. The third-order valence-corrected chi connectivity index (χ3v) is 2.80. The largest absolute Gasteiger partial charge is 0.383 e. The molecule has 0 saturated carbocycles. The first-order chi connectivity index (χ1) is 7.21. The Hall–Kier alpha value is -0.900. The highest BCUT2D eigenvalue weighted by molar-refractivity contribution is 5.23. The summed E-state index contributed by atoms with van der Waals surface area (Å²) in [4.78, 5) is 0. The van der Waals surface area contributed by atoms with Gasteiger partial charge in [-0.25, -0.2) is 0 Å². The van der Waals surface area contributed by atoms with Gasteiger partial charge in [0.15, 0.2) is 0 Å². The number of benzene rings is 1. The molecule has 1 aromatic rings. The van der Waals surface area contributed by atoms with Crippen LogP contribution in [-0.2, 0) is 15.1 Å². The molecule has 0 amide bonds. The molecule has 3 nitrogen and oxygen atoms in total. The van der Waals surface area contributed by atoms with Crippen molar-refractivity contribution in [2.45, 2.75) is 18.6 Å². The molecular weight excluding hydrogens is 192 g/mol. The van der Waals surface area contributed by atoms with E-state index in [2.05, 4.69) is 0 Å². The monoisotopic (exact) mass is 208 g/mol. The molecule has 1 unspecified atom stereocenters. The van der Waals surface area contributed by atoms with Crippen LogP contribution in [0.25, 0.3) is 0 Å². The van der Waals surface area contributed by atoms with Gasteiger partial charge in [-0.1, -0.05) is 30.3 Å². The van der Waals surface area contributed by atoms with Gasteiger partial charge < -0.3 is 14.6 Å². The van der Waals surface area contributed by atoms with Gasteiger partial charge in [0, 0.05) is 0 Å². The molecule has 0 aliphatic carbocycles. The predicted molar refractivity (Wildman–Crippen MR) is 56.6 cm³/mol. The van der Waals surface area contributed by atoms with Crippen molar-refractivity contribution in [3.05, 3.63) is 35.9 Å². The quantitative estimate of drug-likeness (QED) is 0.796. The Morgan fingerprint density at radius 1 is 1.27 bits per heavy atom. The summed E-state index contributed by atoms with van der Waals surface area (Å²) < 4.78 is 10.8. The molecule has 1 N–H and O–H groups in total. The number of ether oxygens (including phenoxy) is 2. The van der Waals surface area contributed by atoms with Gasteiger partial charge in [-0.15, -0.1) is 0 Å². The molecule has 0 bridgehead atoms. The second-order valence-electron chi connectivity index (χ2n) is 3.95.